The number of sulfonamides is 1. The van der Waals surface area contributed by atoms with E-state index in [4.69, 9.17) is 17.3 Å². The van der Waals surface area contributed by atoms with Crippen LogP contribution in [0.25, 0.3) is 0 Å². The molecule has 26 heavy (non-hydrogen) atoms. The van der Waals surface area contributed by atoms with Crippen molar-refractivity contribution in [3.63, 3.8) is 0 Å². The molecule has 138 valence electrons. The minimum atomic E-state index is -3.73. The minimum Gasteiger partial charge on any atom is -0.366 e. The maximum absolute atomic E-state index is 12.4. The van der Waals surface area contributed by atoms with Crippen molar-refractivity contribution in [1.29, 1.82) is 0 Å². The fourth-order valence-electron chi connectivity index (χ4n) is 2.31. The Morgan fingerprint density at radius 2 is 1.88 bits per heavy atom. The van der Waals surface area contributed by atoms with Gasteiger partial charge >= 0.3 is 0 Å². The maximum Gasteiger partial charge on any atom is 0.248 e. The highest BCUT2D eigenvalue weighted by atomic mass is 35.5. The van der Waals surface area contributed by atoms with Crippen LogP contribution in [-0.2, 0) is 14.8 Å². The van der Waals surface area contributed by atoms with Crippen molar-refractivity contribution >= 4 is 44.8 Å². The number of carbonyl (C=O) groups is 2. The lowest BCUT2D eigenvalue weighted by Gasteiger charge is -2.24. The first-order valence-electron chi connectivity index (χ1n) is 7.51. The van der Waals surface area contributed by atoms with E-state index in [2.05, 4.69) is 5.32 Å². The van der Waals surface area contributed by atoms with E-state index in [1.807, 2.05) is 0 Å². The Morgan fingerprint density at radius 3 is 2.50 bits per heavy atom. The van der Waals surface area contributed by atoms with Crippen molar-refractivity contribution < 1.29 is 18.0 Å². The molecule has 2 rings (SSSR count). The summed E-state index contributed by atoms with van der Waals surface area (Å²) in [6.45, 7) is 1.28. The van der Waals surface area contributed by atoms with Crippen LogP contribution in [0.5, 0.6) is 0 Å². The van der Waals surface area contributed by atoms with Crippen molar-refractivity contribution in [2.45, 2.75) is 6.92 Å². The van der Waals surface area contributed by atoms with Gasteiger partial charge in [-0.2, -0.15) is 0 Å². The smallest absolute Gasteiger partial charge is 0.248 e. The topological polar surface area (TPSA) is 110 Å². The van der Waals surface area contributed by atoms with Crippen LogP contribution in [0.1, 0.15) is 15.9 Å². The summed E-state index contributed by atoms with van der Waals surface area (Å²) >= 11 is 5.96. The van der Waals surface area contributed by atoms with Gasteiger partial charge in [0.15, 0.2) is 0 Å². The molecule has 0 heterocycles. The molecule has 0 saturated carbocycles. The highest BCUT2D eigenvalue weighted by Gasteiger charge is 2.22. The summed E-state index contributed by atoms with van der Waals surface area (Å²) in [6.07, 6.45) is 1.01. The van der Waals surface area contributed by atoms with Crippen LogP contribution < -0.4 is 15.4 Å². The first-order chi connectivity index (χ1) is 12.1. The van der Waals surface area contributed by atoms with E-state index in [1.165, 1.54) is 18.2 Å². The molecule has 0 radical (unpaired) electrons. The second-order valence-corrected chi connectivity index (χ2v) is 8.04. The predicted molar refractivity (Wildman–Crippen MR) is 102 cm³/mol. The molecule has 0 aromatic heterocycles. The number of nitrogens with one attached hydrogen (secondary N) is 1. The summed E-state index contributed by atoms with van der Waals surface area (Å²) in [7, 11) is -3.73. The number of aryl methyl sites for hydroxylation is 1. The number of benzene rings is 2. The molecule has 2 aromatic rings. The highest BCUT2D eigenvalue weighted by molar-refractivity contribution is 7.92. The number of hydrogen-bond donors (Lipinski definition) is 2. The Kier molecular flexibility index (Phi) is 5.89. The Labute approximate surface area is 156 Å². The number of nitrogens with two attached hydrogens (primary N) is 1. The number of hydrogen-bond acceptors (Lipinski definition) is 4. The summed E-state index contributed by atoms with van der Waals surface area (Å²) < 4.78 is 25.3. The van der Waals surface area contributed by atoms with Crippen LogP contribution in [0.2, 0.25) is 5.02 Å². The lowest BCUT2D eigenvalue weighted by Crippen LogP contribution is -2.37. The minimum absolute atomic E-state index is 0.230. The number of anilines is 2. The molecular weight excluding hydrogens is 378 g/mol. The van der Waals surface area contributed by atoms with Gasteiger partial charge in [0.1, 0.15) is 6.54 Å². The summed E-state index contributed by atoms with van der Waals surface area (Å²) in [5.74, 6) is -1.20. The molecule has 9 heteroatoms. The molecule has 0 aliphatic carbocycles. The lowest BCUT2D eigenvalue weighted by molar-refractivity contribution is -0.114. The fourth-order valence-corrected chi connectivity index (χ4v) is 3.39. The molecule has 0 atom stereocenters. The molecular formula is C17H18ClN3O4S. The van der Waals surface area contributed by atoms with E-state index in [0.29, 0.717) is 22.0 Å². The summed E-state index contributed by atoms with van der Waals surface area (Å²) in [5.41, 5.74) is 6.75. The zero-order valence-electron chi connectivity index (χ0n) is 14.2. The quantitative estimate of drug-likeness (QED) is 0.780. The molecule has 0 saturated heterocycles. The van der Waals surface area contributed by atoms with Gasteiger partial charge in [-0.3, -0.25) is 13.9 Å². The van der Waals surface area contributed by atoms with Crippen molar-refractivity contribution in [2.75, 3.05) is 22.4 Å². The molecule has 2 aromatic carbocycles. The van der Waals surface area contributed by atoms with Crippen LogP contribution >= 0.6 is 11.6 Å². The monoisotopic (exact) mass is 395 g/mol. The van der Waals surface area contributed by atoms with Crippen LogP contribution in [0.3, 0.4) is 0 Å². The number of nitrogens with zero attached hydrogens (tertiary/aromatic N) is 1. The van der Waals surface area contributed by atoms with Crippen molar-refractivity contribution in [3.05, 3.63) is 58.6 Å². The third-order valence-corrected chi connectivity index (χ3v) is 4.92. The largest absolute Gasteiger partial charge is 0.366 e. The molecule has 0 spiro atoms. The van der Waals surface area contributed by atoms with Crippen LogP contribution in [0, 0.1) is 6.92 Å². The molecule has 0 bridgehead atoms. The molecule has 0 aliphatic rings. The normalized spacial score (nSPS) is 11.0. The van der Waals surface area contributed by atoms with E-state index < -0.39 is 28.4 Å². The third-order valence-electron chi connectivity index (χ3n) is 3.56. The zero-order chi connectivity index (χ0) is 19.5. The number of carbonyl (C=O) groups excluding carboxylic acids is 2. The van der Waals surface area contributed by atoms with Gasteiger partial charge in [-0.1, -0.05) is 23.7 Å². The Hall–Kier alpha value is -2.58. The van der Waals surface area contributed by atoms with Crippen molar-refractivity contribution in [3.8, 4) is 0 Å². The number of halogens is 1. The molecule has 3 N–H and O–H groups in total. The van der Waals surface area contributed by atoms with E-state index >= 15 is 0 Å². The van der Waals surface area contributed by atoms with Gasteiger partial charge < -0.3 is 11.1 Å². The molecule has 7 nitrogen and oxygen atoms in total. The Balaban J connectivity index is 2.27. The van der Waals surface area contributed by atoms with Crippen LogP contribution in [0.15, 0.2) is 42.5 Å². The lowest BCUT2D eigenvalue weighted by atomic mass is 10.2. The standard InChI is InChI=1S/C17H18ClN3O4S/c1-11-6-7-13(18)9-15(11)21(26(2,24)25)10-16(22)20-14-5-3-4-12(8-14)17(19)23/h3-9H,10H2,1-2H3,(H2,19,23)(H,20,22). The molecule has 0 unspecified atom stereocenters. The Bertz CT molecular complexity index is 960. The second kappa shape index (κ2) is 7.76. The average molecular weight is 396 g/mol. The van der Waals surface area contributed by atoms with E-state index in [9.17, 15) is 18.0 Å². The van der Waals surface area contributed by atoms with Gasteiger partial charge in [-0.05, 0) is 42.8 Å². The van der Waals surface area contributed by atoms with Gasteiger partial charge in [-0.15, -0.1) is 0 Å². The van der Waals surface area contributed by atoms with E-state index in [1.54, 1.807) is 31.2 Å². The number of amides is 2. The fraction of sp³-hybridized carbons (Fsp3) is 0.176. The van der Waals surface area contributed by atoms with Gasteiger partial charge in [0.2, 0.25) is 21.8 Å². The van der Waals surface area contributed by atoms with Gasteiger partial charge in [0.05, 0.1) is 11.9 Å². The maximum atomic E-state index is 12.4. The zero-order valence-corrected chi connectivity index (χ0v) is 15.8. The van der Waals surface area contributed by atoms with Crippen LogP contribution in [0.4, 0.5) is 11.4 Å². The van der Waals surface area contributed by atoms with Gasteiger partial charge in [-0.25, -0.2) is 8.42 Å². The SMILES string of the molecule is Cc1ccc(Cl)cc1N(CC(=O)Nc1cccc(C(N)=O)c1)S(C)(=O)=O. The Morgan fingerprint density at radius 1 is 1.19 bits per heavy atom. The van der Waals surface area contributed by atoms with E-state index in [-0.39, 0.29) is 5.56 Å². The number of primary amides is 1. The van der Waals surface area contributed by atoms with Crippen molar-refractivity contribution in [2.24, 2.45) is 5.73 Å². The van der Waals surface area contributed by atoms with Crippen molar-refractivity contribution in [1.82, 2.24) is 0 Å². The average Bonchev–Trinajstić information content (AvgIpc) is 2.54. The molecule has 2 amide bonds. The second-order valence-electron chi connectivity index (χ2n) is 5.69. The highest BCUT2D eigenvalue weighted by Crippen LogP contribution is 2.26. The molecule has 0 fully saturated rings. The van der Waals surface area contributed by atoms with E-state index in [0.717, 1.165) is 10.6 Å². The summed E-state index contributed by atoms with van der Waals surface area (Å²) in [5, 5.41) is 2.91. The first-order valence-corrected chi connectivity index (χ1v) is 9.74. The van der Waals surface area contributed by atoms with Gasteiger partial charge in [0, 0.05) is 16.3 Å². The van der Waals surface area contributed by atoms with Gasteiger partial charge in [0.25, 0.3) is 0 Å². The summed E-state index contributed by atoms with van der Waals surface area (Å²) in [6, 6.07) is 10.8. The van der Waals surface area contributed by atoms with Crippen LogP contribution in [-0.4, -0.2) is 33.0 Å². The summed E-state index contributed by atoms with van der Waals surface area (Å²) in [4.78, 5) is 23.6. The number of rotatable bonds is 6. The predicted octanol–water partition coefficient (Wildman–Crippen LogP) is 2.15. The molecule has 0 aliphatic heterocycles. The third kappa shape index (κ3) is 4.96. The first kappa shape index (κ1) is 19.7.